The van der Waals surface area contributed by atoms with Crippen LogP contribution < -0.4 is 5.32 Å². The number of carbonyl (C=O) groups is 1. The zero-order valence-corrected chi connectivity index (χ0v) is 14.4. The van der Waals surface area contributed by atoms with Gasteiger partial charge in [-0.15, -0.1) is 6.58 Å². The molecule has 0 bridgehead atoms. The van der Waals surface area contributed by atoms with Gasteiger partial charge in [-0.05, 0) is 52.2 Å². The summed E-state index contributed by atoms with van der Waals surface area (Å²) in [7, 11) is 0. The predicted molar refractivity (Wildman–Crippen MR) is 90.2 cm³/mol. The Bertz CT molecular complexity index is 505. The van der Waals surface area contributed by atoms with Crippen LogP contribution >= 0.6 is 0 Å². The van der Waals surface area contributed by atoms with Gasteiger partial charge in [0.15, 0.2) is 0 Å². The second kappa shape index (κ2) is 7.68. The normalized spacial score (nSPS) is 19.6. The van der Waals surface area contributed by atoms with Crippen LogP contribution in [0, 0.1) is 0 Å². The number of ether oxygens (including phenoxy) is 1. The van der Waals surface area contributed by atoms with Crippen molar-refractivity contribution in [3.05, 3.63) is 36.8 Å². The molecule has 1 aromatic heterocycles. The summed E-state index contributed by atoms with van der Waals surface area (Å²) in [6.07, 6.45) is 6.15. The van der Waals surface area contributed by atoms with E-state index in [0.717, 1.165) is 31.6 Å². The van der Waals surface area contributed by atoms with Gasteiger partial charge in [-0.3, -0.25) is 0 Å². The fourth-order valence-corrected chi connectivity index (χ4v) is 2.75. The van der Waals surface area contributed by atoms with E-state index in [2.05, 4.69) is 11.9 Å². The smallest absolute Gasteiger partial charge is 0.410 e. The Morgan fingerprint density at radius 1 is 1.61 bits per heavy atom. The van der Waals surface area contributed by atoms with Crippen LogP contribution in [-0.4, -0.2) is 35.7 Å². The summed E-state index contributed by atoms with van der Waals surface area (Å²) >= 11 is 0. The number of amides is 1. The molecule has 0 spiro atoms. The summed E-state index contributed by atoms with van der Waals surface area (Å²) < 4.78 is 11.0. The van der Waals surface area contributed by atoms with E-state index in [1.54, 1.807) is 11.2 Å². The van der Waals surface area contributed by atoms with Crippen LogP contribution in [0.4, 0.5) is 4.79 Å². The summed E-state index contributed by atoms with van der Waals surface area (Å²) in [6.45, 7) is 10.8. The van der Waals surface area contributed by atoms with E-state index in [4.69, 9.17) is 9.15 Å². The van der Waals surface area contributed by atoms with Gasteiger partial charge in [0.05, 0.1) is 12.3 Å². The standard InChI is InChI=1S/C18H28N2O3/c1-5-6-8-15(16-9-7-12-22-16)19-14-10-11-20(13-14)17(21)23-18(2,3)4/h5,7,9,12,14-15,19H,1,6,8,10-11,13H2,2-4H3/t14-,15-/m1/s1. The van der Waals surface area contributed by atoms with E-state index < -0.39 is 5.60 Å². The maximum Gasteiger partial charge on any atom is 0.410 e. The van der Waals surface area contributed by atoms with Crippen molar-refractivity contribution in [2.24, 2.45) is 0 Å². The van der Waals surface area contributed by atoms with Crippen molar-refractivity contribution in [1.29, 1.82) is 0 Å². The number of nitrogens with zero attached hydrogens (tertiary/aromatic N) is 1. The first-order valence-electron chi connectivity index (χ1n) is 8.27. The van der Waals surface area contributed by atoms with Gasteiger partial charge in [0.1, 0.15) is 11.4 Å². The minimum Gasteiger partial charge on any atom is -0.468 e. The number of likely N-dealkylation sites (tertiary alicyclic amines) is 1. The number of rotatable bonds is 6. The summed E-state index contributed by atoms with van der Waals surface area (Å²) in [5.74, 6) is 0.933. The molecule has 128 valence electrons. The van der Waals surface area contributed by atoms with Crippen LogP contribution in [0.3, 0.4) is 0 Å². The fraction of sp³-hybridized carbons (Fsp3) is 0.611. The van der Waals surface area contributed by atoms with Gasteiger partial charge in [-0.1, -0.05) is 6.08 Å². The number of allylic oxidation sites excluding steroid dienone is 1. The molecule has 1 N–H and O–H groups in total. The molecule has 0 saturated carbocycles. The summed E-state index contributed by atoms with van der Waals surface area (Å²) in [5.41, 5.74) is -0.455. The van der Waals surface area contributed by atoms with Crippen molar-refractivity contribution in [2.45, 2.75) is 57.7 Å². The first-order chi connectivity index (χ1) is 10.9. The molecule has 1 amide bonds. The summed E-state index contributed by atoms with van der Waals surface area (Å²) in [4.78, 5) is 13.9. The molecule has 5 heteroatoms. The third-order valence-corrected chi connectivity index (χ3v) is 3.82. The number of hydrogen-bond donors (Lipinski definition) is 1. The van der Waals surface area contributed by atoms with Gasteiger partial charge in [-0.2, -0.15) is 0 Å². The second-order valence-corrected chi connectivity index (χ2v) is 7.01. The predicted octanol–water partition coefficient (Wildman–Crippen LogP) is 3.89. The Kier molecular flexibility index (Phi) is 5.88. The molecule has 1 aliphatic heterocycles. The summed E-state index contributed by atoms with van der Waals surface area (Å²) in [5, 5.41) is 3.61. The Morgan fingerprint density at radius 2 is 2.39 bits per heavy atom. The van der Waals surface area contributed by atoms with E-state index in [9.17, 15) is 4.79 Å². The van der Waals surface area contributed by atoms with Gasteiger partial charge < -0.3 is 19.4 Å². The van der Waals surface area contributed by atoms with Crippen molar-refractivity contribution in [1.82, 2.24) is 10.2 Å². The molecule has 2 atom stereocenters. The average Bonchev–Trinajstić information content (AvgIpc) is 3.12. The van der Waals surface area contributed by atoms with Gasteiger partial charge in [0, 0.05) is 19.1 Å². The van der Waals surface area contributed by atoms with E-state index >= 15 is 0 Å². The highest BCUT2D eigenvalue weighted by atomic mass is 16.6. The third kappa shape index (κ3) is 5.43. The minimum absolute atomic E-state index is 0.145. The SMILES string of the molecule is C=CCC[C@@H](N[C@@H]1CCN(C(=O)OC(C)(C)C)C1)c1ccco1. The van der Waals surface area contributed by atoms with E-state index in [1.165, 1.54) is 0 Å². The molecular formula is C18H28N2O3. The van der Waals surface area contributed by atoms with Gasteiger partial charge >= 0.3 is 6.09 Å². The first kappa shape index (κ1) is 17.6. The molecule has 1 saturated heterocycles. The fourth-order valence-electron chi connectivity index (χ4n) is 2.75. The quantitative estimate of drug-likeness (QED) is 0.808. The molecule has 0 aliphatic carbocycles. The van der Waals surface area contributed by atoms with Crippen molar-refractivity contribution >= 4 is 6.09 Å². The highest BCUT2D eigenvalue weighted by molar-refractivity contribution is 5.68. The van der Waals surface area contributed by atoms with Gasteiger partial charge in [0.25, 0.3) is 0 Å². The van der Waals surface area contributed by atoms with Crippen molar-refractivity contribution < 1.29 is 13.9 Å². The van der Waals surface area contributed by atoms with E-state index in [-0.39, 0.29) is 18.2 Å². The van der Waals surface area contributed by atoms with Crippen LogP contribution in [0.5, 0.6) is 0 Å². The van der Waals surface area contributed by atoms with Gasteiger partial charge in [0.2, 0.25) is 0 Å². The molecular weight excluding hydrogens is 292 g/mol. The largest absolute Gasteiger partial charge is 0.468 e. The van der Waals surface area contributed by atoms with Crippen LogP contribution in [0.2, 0.25) is 0 Å². The minimum atomic E-state index is -0.455. The Morgan fingerprint density at radius 3 is 3.00 bits per heavy atom. The van der Waals surface area contributed by atoms with Gasteiger partial charge in [-0.25, -0.2) is 4.79 Å². The molecule has 1 aliphatic rings. The topological polar surface area (TPSA) is 54.7 Å². The van der Waals surface area contributed by atoms with Crippen molar-refractivity contribution in [3.8, 4) is 0 Å². The highest BCUT2D eigenvalue weighted by Crippen LogP contribution is 2.23. The maximum atomic E-state index is 12.1. The molecule has 2 heterocycles. The number of furan rings is 1. The number of carbonyl (C=O) groups excluding carboxylic acids is 1. The van der Waals surface area contributed by atoms with Crippen LogP contribution in [0.25, 0.3) is 0 Å². The molecule has 1 fully saturated rings. The number of nitrogens with one attached hydrogen (secondary N) is 1. The van der Waals surface area contributed by atoms with E-state index in [0.29, 0.717) is 6.54 Å². The zero-order chi connectivity index (χ0) is 16.9. The lowest BCUT2D eigenvalue weighted by molar-refractivity contribution is 0.0290. The van der Waals surface area contributed by atoms with Crippen molar-refractivity contribution in [3.63, 3.8) is 0 Å². The molecule has 23 heavy (non-hydrogen) atoms. The lowest BCUT2D eigenvalue weighted by Crippen LogP contribution is -2.39. The maximum absolute atomic E-state index is 12.1. The molecule has 2 rings (SSSR count). The molecule has 1 aromatic rings. The van der Waals surface area contributed by atoms with Crippen molar-refractivity contribution in [2.75, 3.05) is 13.1 Å². The molecule has 0 radical (unpaired) electrons. The lowest BCUT2D eigenvalue weighted by atomic mass is 10.1. The summed E-state index contributed by atoms with van der Waals surface area (Å²) in [6, 6.07) is 4.29. The molecule has 0 aromatic carbocycles. The first-order valence-corrected chi connectivity index (χ1v) is 8.27. The van der Waals surface area contributed by atoms with Crippen LogP contribution in [0.1, 0.15) is 51.8 Å². The lowest BCUT2D eigenvalue weighted by Gasteiger charge is -2.25. The zero-order valence-electron chi connectivity index (χ0n) is 14.4. The highest BCUT2D eigenvalue weighted by Gasteiger charge is 2.31. The van der Waals surface area contributed by atoms with Crippen LogP contribution in [-0.2, 0) is 4.74 Å². The third-order valence-electron chi connectivity index (χ3n) is 3.82. The Labute approximate surface area is 138 Å². The Balaban J connectivity index is 1.89. The Hall–Kier alpha value is -1.75. The molecule has 5 nitrogen and oxygen atoms in total. The van der Waals surface area contributed by atoms with Crippen LogP contribution in [0.15, 0.2) is 35.5 Å². The monoisotopic (exact) mass is 320 g/mol. The molecule has 0 unspecified atom stereocenters. The van der Waals surface area contributed by atoms with E-state index in [1.807, 2.05) is 39.0 Å². The average molecular weight is 320 g/mol. The number of hydrogen-bond acceptors (Lipinski definition) is 4. The second-order valence-electron chi connectivity index (χ2n) is 7.01.